The van der Waals surface area contributed by atoms with Crippen LogP contribution in [0.1, 0.15) is 43.7 Å². The highest BCUT2D eigenvalue weighted by atomic mass is 19.1. The van der Waals surface area contributed by atoms with Crippen LogP contribution in [0, 0.1) is 5.82 Å². The van der Waals surface area contributed by atoms with E-state index in [1.54, 1.807) is 0 Å². The molecule has 0 aromatic heterocycles. The van der Waals surface area contributed by atoms with Gasteiger partial charge >= 0.3 is 6.03 Å². The Balaban J connectivity index is 1.61. The summed E-state index contributed by atoms with van der Waals surface area (Å²) in [6, 6.07) is 4.00. The van der Waals surface area contributed by atoms with Gasteiger partial charge in [-0.2, -0.15) is 0 Å². The number of rotatable bonds is 4. The molecule has 1 heterocycles. The van der Waals surface area contributed by atoms with Crippen LogP contribution in [0.5, 0.6) is 0 Å². The molecule has 1 aliphatic heterocycles. The number of carbonyl (C=O) groups excluding carboxylic acids is 3. The Bertz CT molecular complexity index is 641. The first-order valence-electron chi connectivity index (χ1n) is 8.21. The van der Waals surface area contributed by atoms with Gasteiger partial charge in [0.05, 0.1) is 0 Å². The quantitative estimate of drug-likeness (QED) is 0.826. The minimum atomic E-state index is -0.874. The average molecular weight is 333 g/mol. The SMILES string of the molecule is O=C(CN1C(=O)N[C@H](c2ccc(F)cc2)C1=O)NC1CCCCC1. The lowest BCUT2D eigenvalue weighted by molar-refractivity contribution is -0.132. The molecule has 1 saturated carbocycles. The lowest BCUT2D eigenvalue weighted by atomic mass is 9.95. The molecule has 24 heavy (non-hydrogen) atoms. The number of benzene rings is 1. The second-order valence-electron chi connectivity index (χ2n) is 6.26. The van der Waals surface area contributed by atoms with Gasteiger partial charge in [0.2, 0.25) is 5.91 Å². The van der Waals surface area contributed by atoms with Crippen molar-refractivity contribution in [1.82, 2.24) is 15.5 Å². The second kappa shape index (κ2) is 6.98. The van der Waals surface area contributed by atoms with Crippen LogP contribution in [0.2, 0.25) is 0 Å². The van der Waals surface area contributed by atoms with Gasteiger partial charge in [-0.3, -0.25) is 14.5 Å². The molecule has 1 aromatic rings. The maximum atomic E-state index is 13.0. The Morgan fingerprint density at radius 1 is 1.17 bits per heavy atom. The third kappa shape index (κ3) is 3.55. The number of halogens is 1. The van der Waals surface area contributed by atoms with Crippen LogP contribution in [-0.4, -0.2) is 35.3 Å². The molecule has 0 spiro atoms. The van der Waals surface area contributed by atoms with Crippen molar-refractivity contribution in [2.24, 2.45) is 0 Å². The molecule has 0 bridgehead atoms. The van der Waals surface area contributed by atoms with E-state index in [1.165, 1.54) is 30.7 Å². The van der Waals surface area contributed by atoms with Crippen molar-refractivity contribution in [3.63, 3.8) is 0 Å². The van der Waals surface area contributed by atoms with Gasteiger partial charge < -0.3 is 10.6 Å². The molecule has 6 nitrogen and oxygen atoms in total. The normalized spacial score (nSPS) is 21.7. The maximum absolute atomic E-state index is 13.0. The number of amides is 4. The zero-order valence-electron chi connectivity index (χ0n) is 13.3. The smallest absolute Gasteiger partial charge is 0.325 e. The van der Waals surface area contributed by atoms with Crippen molar-refractivity contribution < 1.29 is 18.8 Å². The van der Waals surface area contributed by atoms with E-state index >= 15 is 0 Å². The molecule has 1 saturated heterocycles. The van der Waals surface area contributed by atoms with E-state index in [-0.39, 0.29) is 18.5 Å². The number of urea groups is 1. The van der Waals surface area contributed by atoms with Crippen LogP contribution < -0.4 is 10.6 Å². The number of imide groups is 1. The van der Waals surface area contributed by atoms with Crippen LogP contribution in [0.15, 0.2) is 24.3 Å². The molecule has 7 heteroatoms. The third-order valence-electron chi connectivity index (χ3n) is 4.50. The Morgan fingerprint density at radius 2 is 1.83 bits per heavy atom. The van der Waals surface area contributed by atoms with Gasteiger partial charge in [-0.25, -0.2) is 9.18 Å². The van der Waals surface area contributed by atoms with Gasteiger partial charge in [0.25, 0.3) is 5.91 Å². The summed E-state index contributed by atoms with van der Waals surface area (Å²) >= 11 is 0. The van der Waals surface area contributed by atoms with Gasteiger partial charge in [-0.1, -0.05) is 31.4 Å². The number of hydrogen-bond donors (Lipinski definition) is 2. The Labute approximate surface area is 139 Å². The monoisotopic (exact) mass is 333 g/mol. The first-order chi connectivity index (χ1) is 11.5. The molecule has 1 aliphatic carbocycles. The van der Waals surface area contributed by atoms with E-state index in [0.29, 0.717) is 5.56 Å². The van der Waals surface area contributed by atoms with Gasteiger partial charge in [-0.05, 0) is 30.5 Å². The van der Waals surface area contributed by atoms with Crippen LogP contribution in [0.4, 0.5) is 9.18 Å². The minimum absolute atomic E-state index is 0.125. The molecule has 1 aromatic carbocycles. The number of hydrogen-bond acceptors (Lipinski definition) is 3. The summed E-state index contributed by atoms with van der Waals surface area (Å²) in [5, 5.41) is 5.42. The van der Waals surface area contributed by atoms with Gasteiger partial charge in [0, 0.05) is 6.04 Å². The van der Waals surface area contributed by atoms with Gasteiger partial charge in [0.1, 0.15) is 18.4 Å². The molecule has 128 valence electrons. The van der Waals surface area contributed by atoms with Crippen molar-refractivity contribution in [2.45, 2.75) is 44.2 Å². The molecule has 4 amide bonds. The van der Waals surface area contributed by atoms with Crippen LogP contribution in [-0.2, 0) is 9.59 Å². The zero-order valence-corrected chi connectivity index (χ0v) is 13.3. The first-order valence-corrected chi connectivity index (χ1v) is 8.21. The predicted octanol–water partition coefficient (Wildman–Crippen LogP) is 1.87. The molecular formula is C17H20FN3O3. The Kier molecular flexibility index (Phi) is 4.78. The molecular weight excluding hydrogens is 313 g/mol. The lowest BCUT2D eigenvalue weighted by Crippen LogP contribution is -2.44. The summed E-state index contributed by atoms with van der Waals surface area (Å²) in [6.07, 6.45) is 5.22. The largest absolute Gasteiger partial charge is 0.352 e. The van der Waals surface area contributed by atoms with E-state index in [0.717, 1.165) is 30.6 Å². The molecule has 1 atom stereocenters. The highest BCUT2D eigenvalue weighted by Gasteiger charge is 2.40. The summed E-state index contributed by atoms with van der Waals surface area (Å²) < 4.78 is 13.0. The fraction of sp³-hybridized carbons (Fsp3) is 0.471. The van der Waals surface area contributed by atoms with Crippen molar-refractivity contribution in [3.05, 3.63) is 35.6 Å². The number of carbonyl (C=O) groups is 3. The maximum Gasteiger partial charge on any atom is 0.325 e. The fourth-order valence-electron chi connectivity index (χ4n) is 3.21. The third-order valence-corrected chi connectivity index (χ3v) is 4.50. The molecule has 2 N–H and O–H groups in total. The minimum Gasteiger partial charge on any atom is -0.352 e. The number of nitrogens with zero attached hydrogens (tertiary/aromatic N) is 1. The average Bonchev–Trinajstić information content (AvgIpc) is 2.85. The van der Waals surface area contributed by atoms with Crippen molar-refractivity contribution in [2.75, 3.05) is 6.54 Å². The molecule has 2 fully saturated rings. The summed E-state index contributed by atoms with van der Waals surface area (Å²) in [5.74, 6) is -1.24. The standard InChI is InChI=1S/C17H20FN3O3/c18-12-8-6-11(7-9-12)15-16(23)21(17(24)20-15)10-14(22)19-13-4-2-1-3-5-13/h6-9,13,15H,1-5,10H2,(H,19,22)(H,20,24)/t15-/m1/s1. The van der Waals surface area contributed by atoms with Crippen molar-refractivity contribution in [1.29, 1.82) is 0 Å². The Morgan fingerprint density at radius 3 is 2.50 bits per heavy atom. The van der Waals surface area contributed by atoms with Crippen LogP contribution >= 0.6 is 0 Å². The first kappa shape index (κ1) is 16.4. The summed E-state index contributed by atoms with van der Waals surface area (Å²) in [5.41, 5.74) is 0.491. The molecule has 0 radical (unpaired) electrons. The van der Waals surface area contributed by atoms with E-state index in [4.69, 9.17) is 0 Å². The van der Waals surface area contributed by atoms with Gasteiger partial charge in [-0.15, -0.1) is 0 Å². The van der Waals surface area contributed by atoms with E-state index in [9.17, 15) is 18.8 Å². The highest BCUT2D eigenvalue weighted by molar-refractivity contribution is 6.06. The summed E-state index contributed by atoms with van der Waals surface area (Å²) in [4.78, 5) is 37.4. The van der Waals surface area contributed by atoms with E-state index < -0.39 is 23.8 Å². The van der Waals surface area contributed by atoms with Crippen molar-refractivity contribution >= 4 is 17.8 Å². The lowest BCUT2D eigenvalue weighted by Gasteiger charge is -2.23. The molecule has 0 unspecified atom stereocenters. The van der Waals surface area contributed by atoms with E-state index in [2.05, 4.69) is 10.6 Å². The zero-order chi connectivity index (χ0) is 17.1. The van der Waals surface area contributed by atoms with Crippen LogP contribution in [0.3, 0.4) is 0 Å². The van der Waals surface area contributed by atoms with Gasteiger partial charge in [0.15, 0.2) is 0 Å². The number of nitrogens with one attached hydrogen (secondary N) is 2. The molecule has 2 aliphatic rings. The predicted molar refractivity (Wildman–Crippen MR) is 84.4 cm³/mol. The summed E-state index contributed by atoms with van der Waals surface area (Å²) in [6.45, 7) is -0.293. The second-order valence-corrected chi connectivity index (χ2v) is 6.26. The fourth-order valence-corrected chi connectivity index (χ4v) is 3.21. The Hall–Kier alpha value is -2.44. The topological polar surface area (TPSA) is 78.5 Å². The van der Waals surface area contributed by atoms with E-state index in [1.807, 2.05) is 0 Å². The van der Waals surface area contributed by atoms with Crippen LogP contribution in [0.25, 0.3) is 0 Å². The molecule has 3 rings (SSSR count). The van der Waals surface area contributed by atoms with Crippen molar-refractivity contribution in [3.8, 4) is 0 Å². The highest BCUT2D eigenvalue weighted by Crippen LogP contribution is 2.22. The summed E-state index contributed by atoms with van der Waals surface area (Å²) in [7, 11) is 0.